The lowest BCUT2D eigenvalue weighted by Gasteiger charge is -2.23. The van der Waals surface area contributed by atoms with Crippen LogP contribution in [-0.2, 0) is 27.9 Å². The standard InChI is InChI=1S/C13H22N2O4S/c1-3-15-8-12(7-11(15)9-16)20(17,18)14-10-13(2)5-4-6-19-13/h7-8,14,16H,3-6,9-10H2,1-2H3. The number of rotatable bonds is 6. The molecule has 1 aromatic rings. The van der Waals surface area contributed by atoms with Gasteiger partial charge in [0.25, 0.3) is 0 Å². The molecule has 0 aliphatic carbocycles. The average Bonchev–Trinajstić information content (AvgIpc) is 3.03. The van der Waals surface area contributed by atoms with Gasteiger partial charge in [0.05, 0.1) is 17.1 Å². The summed E-state index contributed by atoms with van der Waals surface area (Å²) in [6.07, 6.45) is 3.36. The van der Waals surface area contributed by atoms with Gasteiger partial charge in [0.2, 0.25) is 10.0 Å². The Morgan fingerprint density at radius 2 is 2.30 bits per heavy atom. The van der Waals surface area contributed by atoms with Gasteiger partial charge in [0, 0.05) is 31.6 Å². The number of nitrogens with one attached hydrogen (secondary N) is 1. The van der Waals surface area contributed by atoms with Gasteiger partial charge in [-0.3, -0.25) is 0 Å². The van der Waals surface area contributed by atoms with Gasteiger partial charge in [-0.1, -0.05) is 0 Å². The second-order valence-corrected chi connectivity index (χ2v) is 7.10. The normalized spacial score (nSPS) is 23.4. The molecule has 2 rings (SSSR count). The first-order valence-electron chi connectivity index (χ1n) is 6.84. The van der Waals surface area contributed by atoms with Gasteiger partial charge in [-0.2, -0.15) is 0 Å². The van der Waals surface area contributed by atoms with Crippen molar-refractivity contribution < 1.29 is 18.3 Å². The summed E-state index contributed by atoms with van der Waals surface area (Å²) in [5.74, 6) is 0. The summed E-state index contributed by atoms with van der Waals surface area (Å²) in [6.45, 7) is 5.20. The number of sulfonamides is 1. The van der Waals surface area contributed by atoms with Crippen LogP contribution in [0, 0.1) is 0 Å². The highest BCUT2D eigenvalue weighted by Gasteiger charge is 2.31. The molecule has 6 nitrogen and oxygen atoms in total. The third kappa shape index (κ3) is 3.22. The van der Waals surface area contributed by atoms with Gasteiger partial charge in [-0.05, 0) is 32.8 Å². The van der Waals surface area contributed by atoms with Crippen molar-refractivity contribution in [3.63, 3.8) is 0 Å². The fourth-order valence-electron chi connectivity index (χ4n) is 2.41. The van der Waals surface area contributed by atoms with E-state index in [0.29, 0.717) is 18.8 Å². The summed E-state index contributed by atoms with van der Waals surface area (Å²) in [5.41, 5.74) is 0.177. The molecule has 0 bridgehead atoms. The van der Waals surface area contributed by atoms with Gasteiger partial charge >= 0.3 is 0 Å². The highest BCUT2D eigenvalue weighted by atomic mass is 32.2. The van der Waals surface area contributed by atoms with Gasteiger partial charge in [-0.25, -0.2) is 13.1 Å². The predicted octanol–water partition coefficient (Wildman–Crippen LogP) is 0.848. The van der Waals surface area contributed by atoms with Crippen LogP contribution in [0.25, 0.3) is 0 Å². The molecule has 0 radical (unpaired) electrons. The molecule has 2 heterocycles. The molecule has 2 N–H and O–H groups in total. The first kappa shape index (κ1) is 15.5. The summed E-state index contributed by atoms with van der Waals surface area (Å²) in [4.78, 5) is 0.185. The van der Waals surface area contributed by atoms with E-state index in [0.717, 1.165) is 12.8 Å². The van der Waals surface area contributed by atoms with Crippen LogP contribution < -0.4 is 4.72 Å². The van der Waals surface area contributed by atoms with Crippen molar-refractivity contribution >= 4 is 10.0 Å². The van der Waals surface area contributed by atoms with E-state index in [-0.39, 0.29) is 18.0 Å². The van der Waals surface area contributed by atoms with Crippen molar-refractivity contribution in [3.8, 4) is 0 Å². The monoisotopic (exact) mass is 302 g/mol. The van der Waals surface area contributed by atoms with Crippen molar-refractivity contribution in [2.45, 2.75) is 50.3 Å². The number of hydrogen-bond donors (Lipinski definition) is 2. The predicted molar refractivity (Wildman–Crippen MR) is 74.8 cm³/mol. The minimum absolute atomic E-state index is 0.176. The fraction of sp³-hybridized carbons (Fsp3) is 0.692. The first-order chi connectivity index (χ1) is 9.40. The molecule has 114 valence electrons. The third-order valence-corrected chi connectivity index (χ3v) is 5.08. The van der Waals surface area contributed by atoms with E-state index in [1.165, 1.54) is 6.07 Å². The lowest BCUT2D eigenvalue weighted by molar-refractivity contribution is 0.0250. The van der Waals surface area contributed by atoms with Crippen LogP contribution in [-0.4, -0.2) is 36.8 Å². The molecule has 1 unspecified atom stereocenters. The zero-order valence-electron chi connectivity index (χ0n) is 11.9. The SMILES string of the molecule is CCn1cc(S(=O)(=O)NCC2(C)CCCO2)cc1CO. The van der Waals surface area contributed by atoms with E-state index in [9.17, 15) is 13.5 Å². The summed E-state index contributed by atoms with van der Waals surface area (Å²) >= 11 is 0. The zero-order valence-corrected chi connectivity index (χ0v) is 12.7. The van der Waals surface area contributed by atoms with Crippen LogP contribution in [0.2, 0.25) is 0 Å². The molecule has 0 spiro atoms. The summed E-state index contributed by atoms with van der Waals surface area (Å²) < 4.78 is 34.4. The molecule has 1 fully saturated rings. The van der Waals surface area contributed by atoms with Crippen LogP contribution in [0.1, 0.15) is 32.4 Å². The number of ether oxygens (including phenoxy) is 1. The van der Waals surface area contributed by atoms with E-state index in [1.807, 2.05) is 13.8 Å². The molecule has 1 atom stereocenters. The van der Waals surface area contributed by atoms with Crippen LogP contribution in [0.15, 0.2) is 17.2 Å². The van der Waals surface area contributed by atoms with Gasteiger partial charge < -0.3 is 14.4 Å². The van der Waals surface area contributed by atoms with Gasteiger partial charge in [0.15, 0.2) is 0 Å². The Morgan fingerprint density at radius 3 is 2.80 bits per heavy atom. The highest BCUT2D eigenvalue weighted by molar-refractivity contribution is 7.89. The summed E-state index contributed by atoms with van der Waals surface area (Å²) in [7, 11) is -3.57. The van der Waals surface area contributed by atoms with Gasteiger partial charge in [0.1, 0.15) is 0 Å². The van der Waals surface area contributed by atoms with Crippen LogP contribution in [0.4, 0.5) is 0 Å². The van der Waals surface area contributed by atoms with Crippen LogP contribution >= 0.6 is 0 Å². The van der Waals surface area contributed by atoms with Crippen LogP contribution in [0.3, 0.4) is 0 Å². The maximum absolute atomic E-state index is 12.3. The number of aromatic nitrogens is 1. The molecule has 0 aromatic carbocycles. The second kappa shape index (κ2) is 5.85. The fourth-order valence-corrected chi connectivity index (χ4v) is 3.63. The number of aliphatic hydroxyl groups is 1. The Morgan fingerprint density at radius 1 is 1.55 bits per heavy atom. The average molecular weight is 302 g/mol. The molecular weight excluding hydrogens is 280 g/mol. The molecule has 20 heavy (non-hydrogen) atoms. The van der Waals surface area contributed by atoms with Crippen molar-refractivity contribution in [3.05, 3.63) is 18.0 Å². The maximum atomic E-state index is 12.3. The molecule has 1 aromatic heterocycles. The molecule has 1 aliphatic heterocycles. The van der Waals surface area contributed by atoms with Crippen molar-refractivity contribution in [1.29, 1.82) is 0 Å². The Balaban J connectivity index is 2.11. The lowest BCUT2D eigenvalue weighted by atomic mass is 10.0. The Labute approximate surface area is 119 Å². The minimum Gasteiger partial charge on any atom is -0.390 e. The molecule has 0 amide bonds. The van der Waals surface area contributed by atoms with E-state index in [1.54, 1.807) is 10.8 Å². The van der Waals surface area contributed by atoms with E-state index in [4.69, 9.17) is 4.74 Å². The molecule has 7 heteroatoms. The minimum atomic E-state index is -3.57. The second-order valence-electron chi connectivity index (χ2n) is 5.34. The maximum Gasteiger partial charge on any atom is 0.242 e. The Hall–Kier alpha value is -0.890. The van der Waals surface area contributed by atoms with Crippen molar-refractivity contribution in [2.75, 3.05) is 13.2 Å². The number of hydrogen-bond acceptors (Lipinski definition) is 4. The quantitative estimate of drug-likeness (QED) is 0.816. The van der Waals surface area contributed by atoms with E-state index < -0.39 is 15.6 Å². The summed E-state index contributed by atoms with van der Waals surface area (Å²) in [5, 5.41) is 9.22. The highest BCUT2D eigenvalue weighted by Crippen LogP contribution is 2.25. The topological polar surface area (TPSA) is 80.6 Å². The number of aliphatic hydroxyl groups excluding tert-OH is 1. The largest absolute Gasteiger partial charge is 0.390 e. The molecular formula is C13H22N2O4S. The van der Waals surface area contributed by atoms with E-state index >= 15 is 0 Å². The van der Waals surface area contributed by atoms with Crippen LogP contribution in [0.5, 0.6) is 0 Å². The van der Waals surface area contributed by atoms with Crippen molar-refractivity contribution in [2.24, 2.45) is 0 Å². The third-order valence-electron chi connectivity index (χ3n) is 3.71. The lowest BCUT2D eigenvalue weighted by Crippen LogP contribution is -2.39. The molecule has 1 saturated heterocycles. The Kier molecular flexibility index (Phi) is 4.53. The first-order valence-corrected chi connectivity index (χ1v) is 8.32. The number of nitrogens with zero attached hydrogens (tertiary/aromatic N) is 1. The summed E-state index contributed by atoms with van der Waals surface area (Å²) in [6, 6.07) is 1.50. The zero-order chi connectivity index (χ0) is 14.8. The van der Waals surface area contributed by atoms with Gasteiger partial charge in [-0.15, -0.1) is 0 Å². The molecule has 0 saturated carbocycles. The Bertz CT molecular complexity index is 537. The smallest absolute Gasteiger partial charge is 0.242 e. The number of aryl methyl sites for hydroxylation is 1. The van der Waals surface area contributed by atoms with Crippen molar-refractivity contribution in [1.82, 2.24) is 9.29 Å². The molecule has 1 aliphatic rings. The van der Waals surface area contributed by atoms with E-state index in [2.05, 4.69) is 4.72 Å².